The maximum absolute atomic E-state index is 12.0. The van der Waals surface area contributed by atoms with E-state index in [1.807, 2.05) is 24.3 Å². The summed E-state index contributed by atoms with van der Waals surface area (Å²) < 4.78 is 5.23. The summed E-state index contributed by atoms with van der Waals surface area (Å²) in [7, 11) is 1.58. The molecule has 0 unspecified atom stereocenters. The van der Waals surface area contributed by atoms with E-state index in [1.54, 1.807) is 21.0 Å². The zero-order chi connectivity index (χ0) is 17.7. The Bertz CT molecular complexity index is 642. The zero-order valence-electron chi connectivity index (χ0n) is 14.2. The van der Waals surface area contributed by atoms with Crippen LogP contribution in [0.1, 0.15) is 32.3 Å². The summed E-state index contributed by atoms with van der Waals surface area (Å²) >= 11 is 0. The molecule has 7 heteroatoms. The zero-order valence-corrected chi connectivity index (χ0v) is 14.2. The number of para-hydroxylation sites is 1. The lowest BCUT2D eigenvalue weighted by atomic mass is 10.1. The molecular weight excluding hydrogens is 310 g/mol. The van der Waals surface area contributed by atoms with Gasteiger partial charge in [-0.15, -0.1) is 0 Å². The highest BCUT2D eigenvalue weighted by Crippen LogP contribution is 2.18. The first-order chi connectivity index (χ1) is 11.3. The third-order valence-corrected chi connectivity index (χ3v) is 3.90. The van der Waals surface area contributed by atoms with Crippen molar-refractivity contribution in [2.45, 2.75) is 38.8 Å². The third kappa shape index (κ3) is 4.04. The number of methoxy groups -OCH3 is 1. The molecule has 0 aliphatic carbocycles. The van der Waals surface area contributed by atoms with Crippen LogP contribution in [-0.4, -0.2) is 41.9 Å². The van der Waals surface area contributed by atoms with E-state index in [4.69, 9.17) is 4.74 Å². The Balaban J connectivity index is 1.76. The number of nitrogens with one attached hydrogen (secondary N) is 2. The minimum Gasteiger partial charge on any atom is -0.496 e. The summed E-state index contributed by atoms with van der Waals surface area (Å²) in [5, 5.41) is 5.43. The van der Waals surface area contributed by atoms with Gasteiger partial charge in [0, 0.05) is 25.1 Å². The maximum Gasteiger partial charge on any atom is 0.325 e. The molecule has 1 fully saturated rings. The number of hydrogen-bond acceptors (Lipinski definition) is 4. The normalized spacial score (nSPS) is 16.0. The number of carbonyl (C=O) groups is 3. The van der Waals surface area contributed by atoms with Crippen LogP contribution < -0.4 is 15.4 Å². The van der Waals surface area contributed by atoms with Gasteiger partial charge < -0.3 is 15.4 Å². The Morgan fingerprint density at radius 2 is 2.00 bits per heavy atom. The van der Waals surface area contributed by atoms with Crippen LogP contribution in [0.2, 0.25) is 0 Å². The molecule has 4 amide bonds. The summed E-state index contributed by atoms with van der Waals surface area (Å²) in [6, 6.07) is 7.06. The average molecular weight is 333 g/mol. The molecule has 24 heavy (non-hydrogen) atoms. The van der Waals surface area contributed by atoms with Crippen molar-refractivity contribution in [3.8, 4) is 5.75 Å². The minimum absolute atomic E-state index is 0.132. The maximum atomic E-state index is 12.0. The molecule has 0 atom stereocenters. The van der Waals surface area contributed by atoms with Gasteiger partial charge in [-0.25, -0.2) is 4.79 Å². The first-order valence-corrected chi connectivity index (χ1v) is 7.88. The number of ether oxygens (including phenoxy) is 1. The predicted octanol–water partition coefficient (Wildman–Crippen LogP) is 1.42. The second-order valence-electron chi connectivity index (χ2n) is 6.20. The van der Waals surface area contributed by atoms with E-state index >= 15 is 0 Å². The topological polar surface area (TPSA) is 87.7 Å². The molecule has 0 bridgehead atoms. The van der Waals surface area contributed by atoms with Crippen molar-refractivity contribution in [2.75, 3.05) is 13.7 Å². The van der Waals surface area contributed by atoms with E-state index in [1.165, 1.54) is 0 Å². The highest BCUT2D eigenvalue weighted by molar-refractivity contribution is 6.06. The van der Waals surface area contributed by atoms with Gasteiger partial charge in [0.2, 0.25) is 5.91 Å². The molecule has 1 saturated heterocycles. The Morgan fingerprint density at radius 1 is 1.29 bits per heavy atom. The minimum atomic E-state index is -0.872. The molecule has 1 aliphatic heterocycles. The van der Waals surface area contributed by atoms with Gasteiger partial charge in [0.15, 0.2) is 0 Å². The summed E-state index contributed by atoms with van der Waals surface area (Å²) in [4.78, 5) is 36.8. The van der Waals surface area contributed by atoms with Gasteiger partial charge in [-0.1, -0.05) is 18.2 Å². The predicted molar refractivity (Wildman–Crippen MR) is 88.4 cm³/mol. The first kappa shape index (κ1) is 17.8. The number of amides is 4. The van der Waals surface area contributed by atoms with Gasteiger partial charge in [-0.3, -0.25) is 14.5 Å². The van der Waals surface area contributed by atoms with Gasteiger partial charge in [0.25, 0.3) is 5.91 Å². The average Bonchev–Trinajstić information content (AvgIpc) is 2.74. The first-order valence-electron chi connectivity index (χ1n) is 7.88. The van der Waals surface area contributed by atoms with Gasteiger partial charge in [-0.05, 0) is 26.3 Å². The van der Waals surface area contributed by atoms with Crippen molar-refractivity contribution in [2.24, 2.45) is 0 Å². The number of hydrogen-bond donors (Lipinski definition) is 2. The van der Waals surface area contributed by atoms with E-state index in [2.05, 4.69) is 10.6 Å². The number of carbonyl (C=O) groups excluding carboxylic acids is 3. The number of urea groups is 1. The fraction of sp³-hybridized carbons (Fsp3) is 0.471. The second kappa shape index (κ2) is 7.33. The third-order valence-electron chi connectivity index (χ3n) is 3.90. The highest BCUT2D eigenvalue weighted by Gasteiger charge is 2.43. The molecule has 1 aromatic carbocycles. The summed E-state index contributed by atoms with van der Waals surface area (Å²) in [5.74, 6) is 0.327. The molecule has 1 heterocycles. The van der Waals surface area contributed by atoms with Crippen LogP contribution in [0.15, 0.2) is 24.3 Å². The molecule has 130 valence electrons. The van der Waals surface area contributed by atoms with Crippen LogP contribution in [0.5, 0.6) is 5.75 Å². The Labute approximate surface area is 141 Å². The number of rotatable bonds is 7. The van der Waals surface area contributed by atoms with E-state index in [0.717, 1.165) is 16.2 Å². The Kier molecular flexibility index (Phi) is 5.43. The molecule has 2 rings (SSSR count). The molecule has 0 saturated carbocycles. The molecule has 7 nitrogen and oxygen atoms in total. The number of nitrogens with zero attached hydrogens (tertiary/aromatic N) is 1. The van der Waals surface area contributed by atoms with Crippen LogP contribution in [0.25, 0.3) is 0 Å². The lowest BCUT2D eigenvalue weighted by Crippen LogP contribution is -2.40. The van der Waals surface area contributed by atoms with Gasteiger partial charge in [0.05, 0.1) is 7.11 Å². The Hall–Kier alpha value is -2.57. The Morgan fingerprint density at radius 3 is 2.62 bits per heavy atom. The highest BCUT2D eigenvalue weighted by atomic mass is 16.5. The van der Waals surface area contributed by atoms with Gasteiger partial charge >= 0.3 is 6.03 Å². The van der Waals surface area contributed by atoms with E-state index < -0.39 is 11.6 Å². The molecule has 1 aliphatic rings. The van der Waals surface area contributed by atoms with E-state index in [-0.39, 0.29) is 24.8 Å². The van der Waals surface area contributed by atoms with Crippen LogP contribution in [0.3, 0.4) is 0 Å². The molecule has 0 spiro atoms. The van der Waals surface area contributed by atoms with Crippen LogP contribution >= 0.6 is 0 Å². The molecule has 0 radical (unpaired) electrons. The lowest BCUT2D eigenvalue weighted by Gasteiger charge is -2.15. The van der Waals surface area contributed by atoms with Crippen LogP contribution in [-0.2, 0) is 16.1 Å². The smallest absolute Gasteiger partial charge is 0.325 e. The van der Waals surface area contributed by atoms with Crippen molar-refractivity contribution in [1.82, 2.24) is 15.5 Å². The molecule has 2 N–H and O–H groups in total. The molecular formula is C17H23N3O4. The number of imide groups is 1. The lowest BCUT2D eigenvalue weighted by molar-refractivity contribution is -0.130. The van der Waals surface area contributed by atoms with Gasteiger partial charge in [0.1, 0.15) is 11.3 Å². The SMILES string of the molecule is COc1ccccc1CNC(=O)CCCN1C(=O)NC(C)(C)C1=O. The fourth-order valence-corrected chi connectivity index (χ4v) is 2.55. The standard InChI is InChI=1S/C17H23N3O4/c1-17(2)15(22)20(16(23)19-17)10-6-9-14(21)18-11-12-7-4-5-8-13(12)24-3/h4-5,7-8H,6,9-11H2,1-3H3,(H,18,21)(H,19,23). The summed E-state index contributed by atoms with van der Waals surface area (Å²) in [5.41, 5.74) is 0.0210. The second-order valence-corrected chi connectivity index (χ2v) is 6.20. The van der Waals surface area contributed by atoms with E-state index in [0.29, 0.717) is 13.0 Å². The van der Waals surface area contributed by atoms with Crippen molar-refractivity contribution in [1.29, 1.82) is 0 Å². The summed E-state index contributed by atoms with van der Waals surface area (Å²) in [6.07, 6.45) is 0.666. The van der Waals surface area contributed by atoms with Crippen LogP contribution in [0.4, 0.5) is 4.79 Å². The molecule has 1 aromatic rings. The summed E-state index contributed by atoms with van der Waals surface area (Å²) in [6.45, 7) is 3.93. The van der Waals surface area contributed by atoms with Crippen molar-refractivity contribution in [3.63, 3.8) is 0 Å². The fourth-order valence-electron chi connectivity index (χ4n) is 2.55. The monoisotopic (exact) mass is 333 g/mol. The van der Waals surface area contributed by atoms with Gasteiger partial charge in [-0.2, -0.15) is 0 Å². The van der Waals surface area contributed by atoms with Crippen molar-refractivity contribution in [3.05, 3.63) is 29.8 Å². The number of benzene rings is 1. The van der Waals surface area contributed by atoms with Crippen molar-refractivity contribution < 1.29 is 19.1 Å². The largest absolute Gasteiger partial charge is 0.496 e. The van der Waals surface area contributed by atoms with Crippen LogP contribution in [0, 0.1) is 0 Å². The molecule has 0 aromatic heterocycles. The van der Waals surface area contributed by atoms with E-state index in [9.17, 15) is 14.4 Å². The quantitative estimate of drug-likeness (QED) is 0.739. The van der Waals surface area contributed by atoms with Crippen molar-refractivity contribution >= 4 is 17.8 Å².